The molecule has 1 nitrogen and oxygen atoms in total. The summed E-state index contributed by atoms with van der Waals surface area (Å²) in [4.78, 5) is 2.51. The molecule has 1 fully saturated rings. The molecular formula is C12H13Br2F2N. The second-order valence-corrected chi connectivity index (χ2v) is 6.45. The van der Waals surface area contributed by atoms with E-state index in [1.165, 1.54) is 12.1 Å². The van der Waals surface area contributed by atoms with Gasteiger partial charge < -0.3 is 0 Å². The fraction of sp³-hybridized carbons (Fsp3) is 0.500. The van der Waals surface area contributed by atoms with E-state index in [9.17, 15) is 8.78 Å². The van der Waals surface area contributed by atoms with Crippen molar-refractivity contribution in [3.63, 3.8) is 0 Å². The van der Waals surface area contributed by atoms with Crippen LogP contribution in [0, 0.1) is 11.6 Å². The molecule has 1 aliphatic heterocycles. The topological polar surface area (TPSA) is 3.24 Å². The molecule has 5 heteroatoms. The summed E-state index contributed by atoms with van der Waals surface area (Å²) in [5, 5.41) is 0. The predicted octanol–water partition coefficient (Wildman–Crippen LogP) is 4.09. The van der Waals surface area contributed by atoms with Crippen molar-refractivity contribution in [1.29, 1.82) is 0 Å². The Hall–Kier alpha value is -0.000000000000000111. The van der Waals surface area contributed by atoms with E-state index in [4.69, 9.17) is 0 Å². The van der Waals surface area contributed by atoms with Gasteiger partial charge in [0.15, 0.2) is 0 Å². The van der Waals surface area contributed by atoms with Crippen molar-refractivity contribution in [3.8, 4) is 0 Å². The van der Waals surface area contributed by atoms with Crippen molar-refractivity contribution in [2.45, 2.75) is 24.2 Å². The molecule has 0 N–H and O–H groups in total. The first-order valence-corrected chi connectivity index (χ1v) is 7.27. The minimum Gasteiger partial charge on any atom is -0.298 e. The number of likely N-dealkylation sites (tertiary alicyclic amines) is 1. The lowest BCUT2D eigenvalue weighted by Gasteiger charge is -2.30. The SMILES string of the molecule is Fc1ccc(Br)c(F)c1CN1CCCC(Br)C1. The van der Waals surface area contributed by atoms with Crippen molar-refractivity contribution in [2.75, 3.05) is 13.1 Å². The zero-order valence-electron chi connectivity index (χ0n) is 9.23. The summed E-state index contributed by atoms with van der Waals surface area (Å²) >= 11 is 6.64. The van der Waals surface area contributed by atoms with E-state index in [0.717, 1.165) is 25.9 Å². The Balaban J connectivity index is 2.15. The summed E-state index contributed by atoms with van der Waals surface area (Å²) in [7, 11) is 0. The Labute approximate surface area is 116 Å². The molecule has 1 heterocycles. The van der Waals surface area contributed by atoms with Gasteiger partial charge in [0.05, 0.1) is 4.47 Å². The summed E-state index contributed by atoms with van der Waals surface area (Å²) in [6.45, 7) is 2.07. The molecule has 94 valence electrons. The Morgan fingerprint density at radius 1 is 1.35 bits per heavy atom. The van der Waals surface area contributed by atoms with E-state index >= 15 is 0 Å². The van der Waals surface area contributed by atoms with Gasteiger partial charge in [-0.05, 0) is 47.4 Å². The smallest absolute Gasteiger partial charge is 0.144 e. The summed E-state index contributed by atoms with van der Waals surface area (Å²) < 4.78 is 27.7. The summed E-state index contributed by atoms with van der Waals surface area (Å²) in [5.74, 6) is -0.955. The van der Waals surface area contributed by atoms with Crippen LogP contribution in [0.1, 0.15) is 18.4 Å². The first-order valence-electron chi connectivity index (χ1n) is 5.56. The molecule has 0 aliphatic carbocycles. The first kappa shape index (κ1) is 13.4. The van der Waals surface area contributed by atoms with Crippen molar-refractivity contribution < 1.29 is 8.78 Å². The molecule has 0 saturated carbocycles. The number of hydrogen-bond acceptors (Lipinski definition) is 1. The average Bonchev–Trinajstić information content (AvgIpc) is 2.30. The van der Waals surface area contributed by atoms with E-state index in [-0.39, 0.29) is 5.56 Å². The largest absolute Gasteiger partial charge is 0.298 e. The van der Waals surface area contributed by atoms with E-state index in [1.807, 2.05) is 0 Å². The van der Waals surface area contributed by atoms with Crippen molar-refractivity contribution in [2.24, 2.45) is 0 Å². The van der Waals surface area contributed by atoms with Gasteiger partial charge in [-0.1, -0.05) is 15.9 Å². The highest BCUT2D eigenvalue weighted by Gasteiger charge is 2.21. The van der Waals surface area contributed by atoms with E-state index in [1.54, 1.807) is 0 Å². The summed E-state index contributed by atoms with van der Waals surface area (Å²) in [5.41, 5.74) is 0.154. The third kappa shape index (κ3) is 3.26. The van der Waals surface area contributed by atoms with Gasteiger partial charge in [-0.2, -0.15) is 0 Å². The molecule has 0 spiro atoms. The van der Waals surface area contributed by atoms with Crippen LogP contribution in [-0.4, -0.2) is 22.8 Å². The van der Waals surface area contributed by atoms with Crippen LogP contribution < -0.4 is 0 Å². The minimum absolute atomic E-state index is 0.154. The quantitative estimate of drug-likeness (QED) is 0.561. The van der Waals surface area contributed by atoms with Crippen LogP contribution in [0.4, 0.5) is 8.78 Å². The highest BCUT2D eigenvalue weighted by molar-refractivity contribution is 9.10. The Morgan fingerprint density at radius 3 is 2.82 bits per heavy atom. The highest BCUT2D eigenvalue weighted by Crippen LogP contribution is 2.25. The lowest BCUT2D eigenvalue weighted by atomic mass is 10.1. The Bertz CT molecular complexity index is 412. The standard InChI is InChI=1S/C12H13Br2F2N/c13-8-2-1-5-17(6-8)7-9-11(15)4-3-10(14)12(9)16/h3-4,8H,1-2,5-7H2. The number of nitrogens with zero attached hydrogens (tertiary/aromatic N) is 1. The van der Waals surface area contributed by atoms with Crippen LogP contribution in [-0.2, 0) is 6.54 Å². The number of halogens is 4. The van der Waals surface area contributed by atoms with Crippen LogP contribution in [0.5, 0.6) is 0 Å². The zero-order valence-corrected chi connectivity index (χ0v) is 12.4. The van der Waals surface area contributed by atoms with Gasteiger partial charge in [0, 0.05) is 23.5 Å². The Morgan fingerprint density at radius 2 is 2.12 bits per heavy atom. The van der Waals surface area contributed by atoms with Gasteiger partial charge in [-0.25, -0.2) is 8.78 Å². The Kier molecular flexibility index (Phi) is 4.55. The highest BCUT2D eigenvalue weighted by atomic mass is 79.9. The number of benzene rings is 1. The van der Waals surface area contributed by atoms with Crippen LogP contribution >= 0.6 is 31.9 Å². The number of rotatable bonds is 2. The average molecular weight is 369 g/mol. The number of alkyl halides is 1. The third-order valence-electron chi connectivity index (χ3n) is 2.97. The molecule has 0 bridgehead atoms. The molecule has 1 atom stereocenters. The zero-order chi connectivity index (χ0) is 12.4. The molecule has 1 unspecified atom stereocenters. The summed E-state index contributed by atoms with van der Waals surface area (Å²) in [6, 6.07) is 2.70. The van der Waals surface area contributed by atoms with Gasteiger partial charge in [-0.15, -0.1) is 0 Å². The summed E-state index contributed by atoms with van der Waals surface area (Å²) in [6.07, 6.45) is 2.19. The molecule has 17 heavy (non-hydrogen) atoms. The van der Waals surface area contributed by atoms with Crippen LogP contribution in [0.2, 0.25) is 0 Å². The molecular weight excluding hydrogens is 356 g/mol. The fourth-order valence-corrected chi connectivity index (χ4v) is 3.19. The van der Waals surface area contributed by atoms with Gasteiger partial charge >= 0.3 is 0 Å². The molecule has 0 aromatic heterocycles. The molecule has 2 rings (SSSR count). The van der Waals surface area contributed by atoms with Gasteiger partial charge in [0.25, 0.3) is 0 Å². The van der Waals surface area contributed by atoms with Gasteiger partial charge in [0.1, 0.15) is 11.6 Å². The fourth-order valence-electron chi connectivity index (χ4n) is 2.08. The maximum atomic E-state index is 13.8. The predicted molar refractivity (Wildman–Crippen MR) is 71.3 cm³/mol. The molecule has 0 amide bonds. The van der Waals surface area contributed by atoms with Gasteiger partial charge in [0.2, 0.25) is 0 Å². The van der Waals surface area contributed by atoms with Crippen LogP contribution in [0.25, 0.3) is 0 Å². The third-order valence-corrected chi connectivity index (χ3v) is 4.33. The molecule has 1 aliphatic rings. The van der Waals surface area contributed by atoms with Crippen LogP contribution in [0.3, 0.4) is 0 Å². The van der Waals surface area contributed by atoms with Crippen LogP contribution in [0.15, 0.2) is 16.6 Å². The van der Waals surface area contributed by atoms with E-state index in [0.29, 0.717) is 15.8 Å². The minimum atomic E-state index is -0.485. The van der Waals surface area contributed by atoms with E-state index < -0.39 is 11.6 Å². The second kappa shape index (κ2) is 5.76. The number of hydrogen-bond donors (Lipinski definition) is 0. The van der Waals surface area contributed by atoms with Crippen molar-refractivity contribution in [3.05, 3.63) is 33.8 Å². The van der Waals surface area contributed by atoms with Gasteiger partial charge in [-0.3, -0.25) is 4.90 Å². The van der Waals surface area contributed by atoms with Crippen molar-refractivity contribution in [1.82, 2.24) is 4.90 Å². The molecule has 0 radical (unpaired) electrons. The molecule has 1 aromatic carbocycles. The lowest BCUT2D eigenvalue weighted by molar-refractivity contribution is 0.222. The first-order chi connectivity index (χ1) is 8.08. The monoisotopic (exact) mass is 367 g/mol. The molecule has 1 saturated heterocycles. The lowest BCUT2D eigenvalue weighted by Crippen LogP contribution is -2.35. The number of piperidine rings is 1. The maximum absolute atomic E-state index is 13.8. The maximum Gasteiger partial charge on any atom is 0.144 e. The normalized spacial score (nSPS) is 21.8. The van der Waals surface area contributed by atoms with Crippen molar-refractivity contribution >= 4 is 31.9 Å². The second-order valence-electron chi connectivity index (χ2n) is 4.30. The molecule has 1 aromatic rings. The van der Waals surface area contributed by atoms with E-state index in [2.05, 4.69) is 36.8 Å².